The summed E-state index contributed by atoms with van der Waals surface area (Å²) in [6.45, 7) is 0. The predicted molar refractivity (Wildman–Crippen MR) is 56.8 cm³/mol. The molecule has 0 fully saturated rings. The summed E-state index contributed by atoms with van der Waals surface area (Å²) in [5, 5.41) is 0. The Labute approximate surface area is 110 Å². The molecule has 0 radical (unpaired) electrons. The third-order valence-electron chi connectivity index (χ3n) is 2.12. The zero-order valence-electron chi connectivity index (χ0n) is 9.79. The van der Waals surface area contributed by atoms with Crippen LogP contribution in [0.25, 0.3) is 0 Å². The third-order valence-corrected chi connectivity index (χ3v) is 2.61. The van der Waals surface area contributed by atoms with Gasteiger partial charge in [-0.25, -0.2) is 0 Å². The summed E-state index contributed by atoms with van der Waals surface area (Å²) >= 11 is 0. The van der Waals surface area contributed by atoms with Crippen molar-refractivity contribution in [1.82, 2.24) is 0 Å². The Hall–Kier alpha value is -1.45. The first-order valence-electron chi connectivity index (χ1n) is 4.93. The van der Waals surface area contributed by atoms with E-state index in [0.717, 1.165) is 12.1 Å². The summed E-state index contributed by atoms with van der Waals surface area (Å²) in [6, 6.07) is 2.49. The molecule has 0 aliphatic rings. The highest BCUT2D eigenvalue weighted by atomic mass is 32.2. The van der Waals surface area contributed by atoms with Gasteiger partial charge in [0.1, 0.15) is 5.75 Å². The standard InChI is InChI=1S/C10H8F6O3S/c1-20(17,18)19-7-4-2-6(3-5-7)8(9(11,12)13)10(14,15)16/h2-5,8H,1H3. The molecule has 1 aromatic rings. The van der Waals surface area contributed by atoms with Crippen molar-refractivity contribution in [3.05, 3.63) is 29.8 Å². The van der Waals surface area contributed by atoms with Crippen LogP contribution in [0.2, 0.25) is 0 Å². The fraction of sp³-hybridized carbons (Fsp3) is 0.400. The van der Waals surface area contributed by atoms with Crippen LogP contribution in [0, 0.1) is 0 Å². The lowest BCUT2D eigenvalue weighted by molar-refractivity contribution is -0.253. The SMILES string of the molecule is CS(=O)(=O)Oc1ccc(C(C(F)(F)F)C(F)(F)F)cc1. The van der Waals surface area contributed by atoms with Crippen molar-refractivity contribution in [3.63, 3.8) is 0 Å². The lowest BCUT2D eigenvalue weighted by atomic mass is 9.98. The number of alkyl halides is 6. The number of hydrogen-bond acceptors (Lipinski definition) is 3. The van der Waals surface area contributed by atoms with E-state index in [1.54, 1.807) is 0 Å². The Morgan fingerprint density at radius 2 is 1.35 bits per heavy atom. The first-order valence-corrected chi connectivity index (χ1v) is 6.75. The fourth-order valence-corrected chi connectivity index (χ4v) is 1.91. The zero-order valence-corrected chi connectivity index (χ0v) is 10.6. The molecule has 0 saturated carbocycles. The number of benzene rings is 1. The minimum absolute atomic E-state index is 0.376. The molecule has 1 rings (SSSR count). The summed E-state index contributed by atoms with van der Waals surface area (Å²) < 4.78 is 100. The van der Waals surface area contributed by atoms with Crippen LogP contribution in [-0.4, -0.2) is 27.0 Å². The Morgan fingerprint density at radius 1 is 0.950 bits per heavy atom. The Bertz CT molecular complexity index is 544. The van der Waals surface area contributed by atoms with Crippen molar-refractivity contribution in [2.75, 3.05) is 6.26 Å². The smallest absolute Gasteiger partial charge is 0.383 e. The van der Waals surface area contributed by atoms with Gasteiger partial charge in [-0.15, -0.1) is 0 Å². The van der Waals surface area contributed by atoms with Gasteiger partial charge in [0.2, 0.25) is 0 Å². The summed E-state index contributed by atoms with van der Waals surface area (Å²) in [7, 11) is -3.91. The van der Waals surface area contributed by atoms with Gasteiger partial charge >= 0.3 is 22.5 Å². The highest BCUT2D eigenvalue weighted by Crippen LogP contribution is 2.46. The van der Waals surface area contributed by atoms with Gasteiger partial charge in [0.15, 0.2) is 5.92 Å². The van der Waals surface area contributed by atoms with Gasteiger partial charge in [0.25, 0.3) is 0 Å². The zero-order chi connectivity index (χ0) is 15.8. The van der Waals surface area contributed by atoms with E-state index in [9.17, 15) is 34.8 Å². The van der Waals surface area contributed by atoms with Crippen molar-refractivity contribution in [2.24, 2.45) is 0 Å². The van der Waals surface area contributed by atoms with Gasteiger partial charge in [0.05, 0.1) is 6.26 Å². The second-order valence-corrected chi connectivity index (χ2v) is 5.45. The molecule has 0 spiro atoms. The molecule has 10 heteroatoms. The van der Waals surface area contributed by atoms with E-state index in [1.165, 1.54) is 0 Å². The number of halogens is 6. The van der Waals surface area contributed by atoms with Crippen molar-refractivity contribution in [2.45, 2.75) is 18.3 Å². The molecule has 0 aliphatic carbocycles. The highest BCUT2D eigenvalue weighted by Gasteiger charge is 2.57. The first kappa shape index (κ1) is 16.6. The van der Waals surface area contributed by atoms with Crippen LogP contribution in [0.3, 0.4) is 0 Å². The van der Waals surface area contributed by atoms with E-state index in [-0.39, 0.29) is 5.75 Å². The molecular weight excluding hydrogens is 314 g/mol. The molecule has 0 bridgehead atoms. The third kappa shape index (κ3) is 4.58. The maximum absolute atomic E-state index is 12.4. The predicted octanol–water partition coefficient (Wildman–Crippen LogP) is 3.23. The Balaban J connectivity index is 3.13. The van der Waals surface area contributed by atoms with Crippen LogP contribution in [0.4, 0.5) is 26.3 Å². The van der Waals surface area contributed by atoms with E-state index in [0.29, 0.717) is 18.4 Å². The minimum Gasteiger partial charge on any atom is -0.383 e. The van der Waals surface area contributed by atoms with Crippen LogP contribution in [0.1, 0.15) is 11.5 Å². The molecule has 0 aromatic heterocycles. The second-order valence-electron chi connectivity index (χ2n) is 3.87. The van der Waals surface area contributed by atoms with Gasteiger partial charge in [-0.3, -0.25) is 0 Å². The van der Waals surface area contributed by atoms with Gasteiger partial charge in [-0.1, -0.05) is 12.1 Å². The van der Waals surface area contributed by atoms with Gasteiger partial charge in [0, 0.05) is 0 Å². The largest absolute Gasteiger partial charge is 0.404 e. The topological polar surface area (TPSA) is 43.4 Å². The molecule has 0 amide bonds. The maximum Gasteiger partial charge on any atom is 0.404 e. The van der Waals surface area contributed by atoms with Crippen LogP contribution >= 0.6 is 0 Å². The van der Waals surface area contributed by atoms with E-state index < -0.39 is 34.0 Å². The van der Waals surface area contributed by atoms with Crippen molar-refractivity contribution < 1.29 is 38.9 Å². The monoisotopic (exact) mass is 322 g/mol. The molecule has 3 nitrogen and oxygen atoms in total. The molecule has 0 atom stereocenters. The Morgan fingerprint density at radius 3 is 1.65 bits per heavy atom. The van der Waals surface area contributed by atoms with Crippen LogP contribution < -0.4 is 4.18 Å². The molecular formula is C10H8F6O3S. The summed E-state index contributed by atoms with van der Waals surface area (Å²) in [4.78, 5) is 0. The summed E-state index contributed by atoms with van der Waals surface area (Å²) in [6.07, 6.45) is -10.3. The molecule has 20 heavy (non-hydrogen) atoms. The van der Waals surface area contributed by atoms with Gasteiger partial charge < -0.3 is 4.18 Å². The van der Waals surface area contributed by atoms with Gasteiger partial charge in [-0.05, 0) is 17.7 Å². The number of hydrogen-bond donors (Lipinski definition) is 0. The van der Waals surface area contributed by atoms with Gasteiger partial charge in [-0.2, -0.15) is 34.8 Å². The average Bonchev–Trinajstić information content (AvgIpc) is 2.14. The second kappa shape index (κ2) is 5.15. The van der Waals surface area contributed by atoms with Crippen LogP contribution in [-0.2, 0) is 10.1 Å². The van der Waals surface area contributed by atoms with E-state index in [2.05, 4.69) is 4.18 Å². The van der Waals surface area contributed by atoms with E-state index in [4.69, 9.17) is 0 Å². The fourth-order valence-electron chi connectivity index (χ4n) is 1.45. The van der Waals surface area contributed by atoms with Crippen molar-refractivity contribution >= 4 is 10.1 Å². The molecule has 0 saturated heterocycles. The molecule has 0 heterocycles. The lowest BCUT2D eigenvalue weighted by Gasteiger charge is -2.23. The maximum atomic E-state index is 12.4. The molecule has 0 unspecified atom stereocenters. The first-order chi connectivity index (χ1) is 8.81. The normalized spacial score (nSPS) is 13.6. The molecule has 0 N–H and O–H groups in total. The van der Waals surface area contributed by atoms with Crippen molar-refractivity contribution in [1.29, 1.82) is 0 Å². The quantitative estimate of drug-likeness (QED) is 0.634. The average molecular weight is 322 g/mol. The molecule has 1 aromatic carbocycles. The molecule has 0 aliphatic heterocycles. The minimum atomic E-state index is -5.50. The van der Waals surface area contributed by atoms with Crippen LogP contribution in [0.15, 0.2) is 24.3 Å². The summed E-state index contributed by atoms with van der Waals surface area (Å²) in [5.74, 6) is -4.01. The van der Waals surface area contributed by atoms with E-state index in [1.807, 2.05) is 0 Å². The highest BCUT2D eigenvalue weighted by molar-refractivity contribution is 7.86. The number of rotatable bonds is 3. The van der Waals surface area contributed by atoms with Crippen molar-refractivity contribution in [3.8, 4) is 5.75 Å². The Kier molecular flexibility index (Phi) is 4.28. The van der Waals surface area contributed by atoms with E-state index >= 15 is 0 Å². The molecule has 114 valence electrons. The van der Waals surface area contributed by atoms with Crippen LogP contribution in [0.5, 0.6) is 5.75 Å². The lowest BCUT2D eigenvalue weighted by Crippen LogP contribution is -2.34. The summed E-state index contributed by atoms with van der Waals surface area (Å²) in [5.41, 5.74) is -1.05.